The van der Waals surface area contributed by atoms with E-state index in [9.17, 15) is 9.90 Å². The Bertz CT molecular complexity index is 478. The van der Waals surface area contributed by atoms with Crippen molar-refractivity contribution in [3.8, 4) is 0 Å². The molecule has 0 saturated carbocycles. The van der Waals surface area contributed by atoms with Gasteiger partial charge in [-0.15, -0.1) is 12.4 Å². The fourth-order valence-corrected chi connectivity index (χ4v) is 2.38. The van der Waals surface area contributed by atoms with Gasteiger partial charge in [-0.1, -0.05) is 6.92 Å². The Morgan fingerprint density at radius 3 is 2.62 bits per heavy atom. The van der Waals surface area contributed by atoms with Gasteiger partial charge in [0.15, 0.2) is 0 Å². The van der Waals surface area contributed by atoms with Crippen molar-refractivity contribution in [2.75, 3.05) is 51.3 Å². The van der Waals surface area contributed by atoms with Gasteiger partial charge in [-0.2, -0.15) is 0 Å². The van der Waals surface area contributed by atoms with Gasteiger partial charge in [0.05, 0.1) is 18.8 Å². The Kier molecular flexibility index (Phi) is 9.71. The number of esters is 1. The van der Waals surface area contributed by atoms with Gasteiger partial charge in [0, 0.05) is 31.9 Å². The van der Waals surface area contributed by atoms with E-state index in [1.807, 2.05) is 12.1 Å². The SMILES string of the molecule is CCCNc1ccc(C(=O)OCC(O)CN2CCOCC2)cc1.Cl. The number of benzene rings is 1. The minimum absolute atomic E-state index is 0. The van der Waals surface area contributed by atoms with E-state index in [-0.39, 0.29) is 19.0 Å². The first kappa shape index (κ1) is 20.7. The molecule has 0 aliphatic carbocycles. The molecule has 6 nitrogen and oxygen atoms in total. The Balaban J connectivity index is 0.00000288. The molecule has 0 radical (unpaired) electrons. The van der Waals surface area contributed by atoms with Crippen molar-refractivity contribution in [2.24, 2.45) is 0 Å². The number of hydrogen-bond donors (Lipinski definition) is 2. The number of morpholine rings is 1. The van der Waals surface area contributed by atoms with Crippen molar-refractivity contribution < 1.29 is 19.4 Å². The van der Waals surface area contributed by atoms with Crippen LogP contribution in [0.15, 0.2) is 24.3 Å². The van der Waals surface area contributed by atoms with E-state index in [1.54, 1.807) is 12.1 Å². The first-order valence-corrected chi connectivity index (χ1v) is 8.18. The lowest BCUT2D eigenvalue weighted by Gasteiger charge is -2.28. The van der Waals surface area contributed by atoms with Crippen molar-refractivity contribution in [3.05, 3.63) is 29.8 Å². The normalized spacial score (nSPS) is 16.1. The molecule has 1 aliphatic rings. The summed E-state index contributed by atoms with van der Waals surface area (Å²) >= 11 is 0. The molecular weight excluding hydrogens is 332 g/mol. The summed E-state index contributed by atoms with van der Waals surface area (Å²) in [5.74, 6) is -0.409. The summed E-state index contributed by atoms with van der Waals surface area (Å²) in [5.41, 5.74) is 1.47. The summed E-state index contributed by atoms with van der Waals surface area (Å²) in [4.78, 5) is 14.1. The monoisotopic (exact) mass is 358 g/mol. The maximum atomic E-state index is 12.0. The highest BCUT2D eigenvalue weighted by Gasteiger charge is 2.16. The van der Waals surface area contributed by atoms with Crippen LogP contribution >= 0.6 is 12.4 Å². The highest BCUT2D eigenvalue weighted by molar-refractivity contribution is 5.89. The fraction of sp³-hybridized carbons (Fsp3) is 0.588. The molecule has 2 rings (SSSR count). The largest absolute Gasteiger partial charge is 0.459 e. The van der Waals surface area contributed by atoms with Crippen LogP contribution in [0, 0.1) is 0 Å². The van der Waals surface area contributed by atoms with E-state index < -0.39 is 12.1 Å². The van der Waals surface area contributed by atoms with Crippen LogP contribution in [0.5, 0.6) is 0 Å². The summed E-state index contributed by atoms with van der Waals surface area (Å²) < 4.78 is 10.4. The van der Waals surface area contributed by atoms with Crippen molar-refractivity contribution in [1.82, 2.24) is 4.90 Å². The third-order valence-corrected chi connectivity index (χ3v) is 3.68. The van der Waals surface area contributed by atoms with E-state index in [4.69, 9.17) is 9.47 Å². The Hall–Kier alpha value is -1.34. The number of rotatable bonds is 8. The average molecular weight is 359 g/mol. The zero-order valence-corrected chi connectivity index (χ0v) is 14.9. The molecule has 1 heterocycles. The topological polar surface area (TPSA) is 71.0 Å². The second-order valence-corrected chi connectivity index (χ2v) is 5.67. The molecule has 0 aromatic heterocycles. The second kappa shape index (κ2) is 11.3. The maximum absolute atomic E-state index is 12.0. The number of aliphatic hydroxyl groups excluding tert-OH is 1. The fourth-order valence-electron chi connectivity index (χ4n) is 2.38. The van der Waals surface area contributed by atoms with Crippen LogP contribution in [-0.2, 0) is 9.47 Å². The molecule has 0 amide bonds. The molecule has 7 heteroatoms. The number of halogens is 1. The van der Waals surface area contributed by atoms with Crippen molar-refractivity contribution >= 4 is 24.1 Å². The third-order valence-electron chi connectivity index (χ3n) is 3.68. The highest BCUT2D eigenvalue weighted by Crippen LogP contribution is 2.11. The summed E-state index contributed by atoms with van der Waals surface area (Å²) in [5, 5.41) is 13.2. The highest BCUT2D eigenvalue weighted by atomic mass is 35.5. The first-order valence-electron chi connectivity index (χ1n) is 8.18. The van der Waals surface area contributed by atoms with Crippen molar-refractivity contribution in [3.63, 3.8) is 0 Å². The molecule has 1 fully saturated rings. The Morgan fingerprint density at radius 2 is 2.00 bits per heavy atom. The van der Waals surface area contributed by atoms with Gasteiger partial charge >= 0.3 is 5.97 Å². The van der Waals surface area contributed by atoms with Crippen molar-refractivity contribution in [2.45, 2.75) is 19.4 Å². The van der Waals surface area contributed by atoms with E-state index in [2.05, 4.69) is 17.1 Å². The van der Waals surface area contributed by atoms with Crippen LogP contribution in [0.25, 0.3) is 0 Å². The number of aliphatic hydroxyl groups is 1. The number of β-amino-alcohol motifs (C(OH)–C–C–N with tert-alkyl or cyclic N) is 1. The van der Waals surface area contributed by atoms with Gasteiger partial charge in [0.2, 0.25) is 0 Å². The van der Waals surface area contributed by atoms with Crippen LogP contribution in [0.2, 0.25) is 0 Å². The molecule has 1 aromatic carbocycles. The first-order chi connectivity index (χ1) is 11.2. The molecule has 1 aromatic rings. The molecule has 0 spiro atoms. The predicted octanol–water partition coefficient (Wildman–Crippen LogP) is 1.78. The summed E-state index contributed by atoms with van der Waals surface area (Å²) in [6, 6.07) is 7.18. The van der Waals surface area contributed by atoms with Gasteiger partial charge in [0.1, 0.15) is 12.7 Å². The third kappa shape index (κ3) is 7.05. The minimum Gasteiger partial charge on any atom is -0.459 e. The number of anilines is 1. The molecule has 1 aliphatic heterocycles. The van der Waals surface area contributed by atoms with Gasteiger partial charge in [-0.05, 0) is 30.7 Å². The molecule has 1 saturated heterocycles. The second-order valence-electron chi connectivity index (χ2n) is 5.67. The maximum Gasteiger partial charge on any atom is 0.338 e. The average Bonchev–Trinajstić information content (AvgIpc) is 2.59. The minimum atomic E-state index is -0.678. The lowest BCUT2D eigenvalue weighted by atomic mass is 10.2. The summed E-state index contributed by atoms with van der Waals surface area (Å²) in [7, 11) is 0. The van der Waals surface area contributed by atoms with Crippen LogP contribution < -0.4 is 5.32 Å². The van der Waals surface area contributed by atoms with E-state index in [0.717, 1.165) is 31.7 Å². The molecule has 1 unspecified atom stereocenters. The van der Waals surface area contributed by atoms with Gasteiger partial charge in [-0.25, -0.2) is 4.79 Å². The molecule has 24 heavy (non-hydrogen) atoms. The Morgan fingerprint density at radius 1 is 1.33 bits per heavy atom. The summed E-state index contributed by atoms with van der Waals surface area (Å²) in [6.45, 7) is 6.48. The zero-order chi connectivity index (χ0) is 16.5. The predicted molar refractivity (Wildman–Crippen MR) is 96.0 cm³/mol. The molecule has 136 valence electrons. The molecule has 0 bridgehead atoms. The van der Waals surface area contributed by atoms with E-state index in [1.165, 1.54) is 0 Å². The lowest BCUT2D eigenvalue weighted by Crippen LogP contribution is -2.42. The number of nitrogens with zero attached hydrogens (tertiary/aromatic N) is 1. The van der Waals surface area contributed by atoms with E-state index >= 15 is 0 Å². The number of carbonyl (C=O) groups is 1. The van der Waals surface area contributed by atoms with E-state index in [0.29, 0.717) is 25.3 Å². The van der Waals surface area contributed by atoms with Crippen LogP contribution in [0.3, 0.4) is 0 Å². The quantitative estimate of drug-likeness (QED) is 0.690. The van der Waals surface area contributed by atoms with Crippen LogP contribution in [-0.4, -0.2) is 68.1 Å². The smallest absolute Gasteiger partial charge is 0.338 e. The van der Waals surface area contributed by atoms with Crippen LogP contribution in [0.4, 0.5) is 5.69 Å². The van der Waals surface area contributed by atoms with Crippen molar-refractivity contribution in [1.29, 1.82) is 0 Å². The Labute approximate surface area is 149 Å². The molecule has 2 N–H and O–H groups in total. The number of ether oxygens (including phenoxy) is 2. The number of hydrogen-bond acceptors (Lipinski definition) is 6. The van der Waals surface area contributed by atoms with Gasteiger partial charge < -0.3 is 19.9 Å². The zero-order valence-electron chi connectivity index (χ0n) is 14.1. The molecule has 1 atom stereocenters. The summed E-state index contributed by atoms with van der Waals surface area (Å²) in [6.07, 6.45) is 0.368. The number of carbonyl (C=O) groups excluding carboxylic acids is 1. The number of nitrogens with one attached hydrogen (secondary N) is 1. The lowest BCUT2D eigenvalue weighted by molar-refractivity contribution is -0.00891. The molecular formula is C17H27ClN2O4. The standard InChI is InChI=1S/C17H26N2O4.ClH/c1-2-7-18-15-5-3-14(4-6-15)17(21)23-13-16(20)12-19-8-10-22-11-9-19;/h3-6,16,18,20H,2,7-13H2,1H3;1H. The van der Waals surface area contributed by atoms with Crippen LogP contribution in [0.1, 0.15) is 23.7 Å². The van der Waals surface area contributed by atoms with Gasteiger partial charge in [0.25, 0.3) is 0 Å². The van der Waals surface area contributed by atoms with Gasteiger partial charge in [-0.3, -0.25) is 4.90 Å².